The van der Waals surface area contributed by atoms with Crippen molar-refractivity contribution in [2.24, 2.45) is 0 Å². The number of thiophene rings is 1. The number of benzene rings is 1. The molecule has 0 atom stereocenters. The van der Waals surface area contributed by atoms with Crippen LogP contribution in [0.5, 0.6) is 0 Å². The van der Waals surface area contributed by atoms with E-state index < -0.39 is 8.07 Å². The van der Waals surface area contributed by atoms with E-state index in [1.165, 1.54) is 20.1 Å². The Labute approximate surface area is 129 Å². The summed E-state index contributed by atoms with van der Waals surface area (Å²) in [6.07, 6.45) is 0. The largest absolute Gasteiger partial charge is 0.308 e. The molecule has 1 heterocycles. The van der Waals surface area contributed by atoms with Gasteiger partial charge in [0, 0.05) is 22.4 Å². The Balaban J connectivity index is 1.89. The van der Waals surface area contributed by atoms with Crippen LogP contribution in [0.15, 0.2) is 40.2 Å². The molecule has 0 radical (unpaired) electrons. The fourth-order valence-electron chi connectivity index (χ4n) is 1.89. The Morgan fingerprint density at radius 2 is 1.74 bits per heavy atom. The molecule has 0 spiro atoms. The van der Waals surface area contributed by atoms with E-state index in [4.69, 9.17) is 0 Å². The first kappa shape index (κ1) is 15.0. The van der Waals surface area contributed by atoms with Gasteiger partial charge in [-0.15, -0.1) is 11.3 Å². The highest BCUT2D eigenvalue weighted by Crippen LogP contribution is 2.22. The summed E-state index contributed by atoms with van der Waals surface area (Å²) in [5.74, 6) is 0. The maximum atomic E-state index is 3.56. The molecular formula is C15H20BrNSSi. The average molecular weight is 354 g/mol. The second-order valence-electron chi connectivity index (χ2n) is 5.74. The lowest BCUT2D eigenvalue weighted by molar-refractivity contribution is 0.699. The van der Waals surface area contributed by atoms with Crippen molar-refractivity contribution < 1.29 is 0 Å². The molecule has 0 fully saturated rings. The van der Waals surface area contributed by atoms with E-state index in [2.05, 4.69) is 76.6 Å². The highest BCUT2D eigenvalue weighted by Gasteiger charge is 2.15. The van der Waals surface area contributed by atoms with Crippen LogP contribution in [0, 0.1) is 0 Å². The van der Waals surface area contributed by atoms with Crippen LogP contribution < -0.4 is 10.5 Å². The van der Waals surface area contributed by atoms with Crippen molar-refractivity contribution in [1.82, 2.24) is 5.32 Å². The van der Waals surface area contributed by atoms with Crippen LogP contribution in [-0.4, -0.2) is 8.07 Å². The summed E-state index contributed by atoms with van der Waals surface area (Å²) in [4.78, 5) is 1.36. The first-order chi connectivity index (χ1) is 8.97. The van der Waals surface area contributed by atoms with Gasteiger partial charge in [0.2, 0.25) is 0 Å². The summed E-state index contributed by atoms with van der Waals surface area (Å²) in [5, 5.41) is 7.14. The van der Waals surface area contributed by atoms with Crippen LogP contribution in [0.3, 0.4) is 0 Å². The van der Waals surface area contributed by atoms with E-state index in [0.717, 1.165) is 13.1 Å². The lowest BCUT2D eigenvalue weighted by Crippen LogP contribution is -2.37. The van der Waals surface area contributed by atoms with Crippen molar-refractivity contribution in [3.8, 4) is 0 Å². The number of hydrogen-bond acceptors (Lipinski definition) is 2. The molecule has 0 aliphatic rings. The number of nitrogens with one attached hydrogen (secondary N) is 1. The minimum atomic E-state index is -1.16. The zero-order valence-electron chi connectivity index (χ0n) is 11.7. The quantitative estimate of drug-likeness (QED) is 0.788. The van der Waals surface area contributed by atoms with E-state index >= 15 is 0 Å². The zero-order valence-corrected chi connectivity index (χ0v) is 15.1. The summed E-state index contributed by atoms with van der Waals surface area (Å²) >= 11 is 5.35. The Morgan fingerprint density at radius 1 is 1.05 bits per heavy atom. The lowest BCUT2D eigenvalue weighted by atomic mass is 10.2. The van der Waals surface area contributed by atoms with E-state index in [0.29, 0.717) is 0 Å². The third-order valence-corrected chi connectivity index (χ3v) is 7.12. The van der Waals surface area contributed by atoms with Gasteiger partial charge in [0.15, 0.2) is 0 Å². The molecule has 0 bridgehead atoms. The first-order valence-corrected chi connectivity index (χ1v) is 11.7. The SMILES string of the molecule is C[Si](C)(C)c1ccc(CNCc2sccc2Br)cc1. The summed E-state index contributed by atoms with van der Waals surface area (Å²) in [7, 11) is -1.16. The molecule has 19 heavy (non-hydrogen) atoms. The van der Waals surface area contributed by atoms with Gasteiger partial charge in [0.25, 0.3) is 0 Å². The minimum Gasteiger partial charge on any atom is -0.308 e. The summed E-state index contributed by atoms with van der Waals surface area (Å²) in [5.41, 5.74) is 1.36. The molecule has 0 saturated heterocycles. The van der Waals surface area contributed by atoms with Gasteiger partial charge in [0.05, 0.1) is 8.07 Å². The molecule has 1 aromatic heterocycles. The maximum absolute atomic E-state index is 3.56. The van der Waals surface area contributed by atoms with Crippen molar-refractivity contribution in [1.29, 1.82) is 0 Å². The smallest absolute Gasteiger partial charge is 0.0775 e. The lowest BCUT2D eigenvalue weighted by Gasteiger charge is -2.16. The van der Waals surface area contributed by atoms with E-state index in [1.54, 1.807) is 11.3 Å². The monoisotopic (exact) mass is 353 g/mol. The highest BCUT2D eigenvalue weighted by atomic mass is 79.9. The third-order valence-electron chi connectivity index (χ3n) is 3.13. The van der Waals surface area contributed by atoms with Gasteiger partial charge in [-0.05, 0) is 32.9 Å². The van der Waals surface area contributed by atoms with Crippen LogP contribution in [-0.2, 0) is 13.1 Å². The van der Waals surface area contributed by atoms with Crippen molar-refractivity contribution in [3.05, 3.63) is 50.6 Å². The highest BCUT2D eigenvalue weighted by molar-refractivity contribution is 9.10. The molecule has 1 nitrogen and oxygen atoms in total. The van der Waals surface area contributed by atoms with Crippen LogP contribution in [0.25, 0.3) is 0 Å². The molecular weight excluding hydrogens is 334 g/mol. The molecule has 2 aromatic rings. The van der Waals surface area contributed by atoms with Crippen LogP contribution >= 0.6 is 27.3 Å². The van der Waals surface area contributed by atoms with E-state index in [-0.39, 0.29) is 0 Å². The van der Waals surface area contributed by atoms with Gasteiger partial charge in [-0.3, -0.25) is 0 Å². The van der Waals surface area contributed by atoms with Crippen molar-refractivity contribution in [3.63, 3.8) is 0 Å². The molecule has 2 rings (SSSR count). The average Bonchev–Trinajstić information content (AvgIpc) is 2.75. The van der Waals surface area contributed by atoms with Crippen molar-refractivity contribution in [2.75, 3.05) is 0 Å². The van der Waals surface area contributed by atoms with Gasteiger partial charge < -0.3 is 5.32 Å². The fraction of sp³-hybridized carbons (Fsp3) is 0.333. The van der Waals surface area contributed by atoms with E-state index in [9.17, 15) is 0 Å². The van der Waals surface area contributed by atoms with Crippen molar-refractivity contribution in [2.45, 2.75) is 32.7 Å². The van der Waals surface area contributed by atoms with Gasteiger partial charge in [-0.2, -0.15) is 0 Å². The molecule has 1 aromatic carbocycles. The number of rotatable bonds is 5. The summed E-state index contributed by atoms with van der Waals surface area (Å²) in [6, 6.07) is 11.2. The molecule has 0 aliphatic heterocycles. The fourth-order valence-corrected chi connectivity index (χ4v) is 4.52. The Hall–Kier alpha value is -0.423. The van der Waals surface area contributed by atoms with Gasteiger partial charge >= 0.3 is 0 Å². The van der Waals surface area contributed by atoms with Gasteiger partial charge in [-0.25, -0.2) is 0 Å². The molecule has 4 heteroatoms. The zero-order chi connectivity index (χ0) is 13.9. The second-order valence-corrected chi connectivity index (χ2v) is 12.7. The van der Waals surface area contributed by atoms with Crippen LogP contribution in [0.4, 0.5) is 0 Å². The maximum Gasteiger partial charge on any atom is 0.0775 e. The van der Waals surface area contributed by atoms with Crippen molar-refractivity contribution >= 4 is 40.5 Å². The van der Waals surface area contributed by atoms with Gasteiger partial charge in [0.1, 0.15) is 0 Å². The number of halogens is 1. The molecule has 1 N–H and O–H groups in total. The molecule has 0 unspecified atom stereocenters. The molecule has 102 valence electrons. The molecule has 0 saturated carbocycles. The Morgan fingerprint density at radius 3 is 2.26 bits per heavy atom. The molecule has 0 aliphatic carbocycles. The standard InChI is InChI=1S/C15H20BrNSSi/c1-19(2,3)13-6-4-12(5-7-13)10-17-11-15-14(16)8-9-18-15/h4-9,17H,10-11H2,1-3H3. The topological polar surface area (TPSA) is 12.0 Å². The van der Waals surface area contributed by atoms with Crippen LogP contribution in [0.2, 0.25) is 19.6 Å². The second kappa shape index (κ2) is 6.35. The predicted molar refractivity (Wildman–Crippen MR) is 92.0 cm³/mol. The Bertz CT molecular complexity index is 528. The first-order valence-electron chi connectivity index (χ1n) is 6.49. The van der Waals surface area contributed by atoms with Gasteiger partial charge in [-0.1, -0.05) is 49.1 Å². The number of hydrogen-bond donors (Lipinski definition) is 1. The third kappa shape index (κ3) is 4.28. The minimum absolute atomic E-state index is 0.925. The summed E-state index contributed by atoms with van der Waals surface area (Å²) in [6.45, 7) is 9.00. The summed E-state index contributed by atoms with van der Waals surface area (Å²) < 4.78 is 1.21. The van der Waals surface area contributed by atoms with E-state index in [1.807, 2.05) is 0 Å². The Kier molecular flexibility index (Phi) is 5.01. The normalized spacial score (nSPS) is 11.8. The van der Waals surface area contributed by atoms with Crippen LogP contribution in [0.1, 0.15) is 10.4 Å². The predicted octanol–water partition coefficient (Wildman–Crippen LogP) is 4.35. The molecule has 0 amide bonds.